The molecule has 1 saturated heterocycles. The molecule has 0 saturated carbocycles. The van der Waals surface area contributed by atoms with Crippen LogP contribution in [0.25, 0.3) is 10.4 Å². The van der Waals surface area contributed by atoms with Crippen LogP contribution in [-0.2, 0) is 9.53 Å². The Bertz CT molecular complexity index is 432. The number of azide groups is 1. The van der Waals surface area contributed by atoms with E-state index in [4.69, 9.17) is 15.4 Å². The molecule has 4 N–H and O–H groups in total. The van der Waals surface area contributed by atoms with Crippen molar-refractivity contribution in [3.63, 3.8) is 0 Å². The monoisotopic (exact) mass is 310 g/mol. The van der Waals surface area contributed by atoms with Crippen LogP contribution < -0.4 is 5.32 Å². The van der Waals surface area contributed by atoms with Gasteiger partial charge in [0.25, 0.3) is 0 Å². The standard InChI is InChI=1S/C10H16F2N4O5/c1-4-7(9(20)8(19)5(3-17)21-4)14-6(18)2-10(11,12)15-16-13/h4-5,7-9,17,19-20H,2-3H2,1H3,(H,14,18)/t4-,5?,7?,8+,9-/m1/s1. The maximum Gasteiger partial charge on any atom is 0.334 e. The summed E-state index contributed by atoms with van der Waals surface area (Å²) in [5, 5.41) is 32.7. The lowest BCUT2D eigenvalue weighted by molar-refractivity contribution is -0.191. The topological polar surface area (TPSA) is 148 Å². The van der Waals surface area contributed by atoms with Gasteiger partial charge in [-0.1, -0.05) is 0 Å². The van der Waals surface area contributed by atoms with E-state index in [2.05, 4.69) is 10.4 Å². The number of rotatable bonds is 5. The van der Waals surface area contributed by atoms with Crippen molar-refractivity contribution in [2.75, 3.05) is 6.61 Å². The third-order valence-electron chi connectivity index (χ3n) is 3.07. The molecule has 1 aliphatic rings. The molecular formula is C10H16F2N4O5. The van der Waals surface area contributed by atoms with Crippen LogP contribution in [0.4, 0.5) is 8.78 Å². The van der Waals surface area contributed by atoms with Crippen molar-refractivity contribution < 1.29 is 33.6 Å². The molecule has 2 unspecified atom stereocenters. The second kappa shape index (κ2) is 6.96. The molecular weight excluding hydrogens is 294 g/mol. The molecule has 0 radical (unpaired) electrons. The van der Waals surface area contributed by atoms with E-state index in [1.54, 1.807) is 0 Å². The molecule has 5 atom stereocenters. The van der Waals surface area contributed by atoms with Gasteiger partial charge in [-0.2, -0.15) is 8.78 Å². The average Bonchev–Trinajstić information content (AvgIpc) is 2.38. The van der Waals surface area contributed by atoms with Gasteiger partial charge in [-0.3, -0.25) is 4.79 Å². The Hall–Kier alpha value is -1.52. The number of carbonyl (C=O) groups excluding carboxylic acids is 1. The predicted molar refractivity (Wildman–Crippen MR) is 64.1 cm³/mol. The normalized spacial score (nSPS) is 33.1. The van der Waals surface area contributed by atoms with E-state index < -0.39 is 55.4 Å². The molecule has 120 valence electrons. The number of halogens is 2. The SMILES string of the molecule is C[C@H]1OC(CO)[C@H](O)[C@H](O)C1NC(=O)CC(F)(F)N=[N+]=[N-]. The molecule has 1 heterocycles. The lowest BCUT2D eigenvalue weighted by atomic mass is 9.93. The van der Waals surface area contributed by atoms with Crippen LogP contribution >= 0.6 is 0 Å². The lowest BCUT2D eigenvalue weighted by Gasteiger charge is -2.41. The molecule has 1 fully saturated rings. The Morgan fingerprint density at radius 3 is 2.62 bits per heavy atom. The molecule has 0 bridgehead atoms. The first-order chi connectivity index (χ1) is 9.71. The van der Waals surface area contributed by atoms with Gasteiger partial charge in [0.2, 0.25) is 5.91 Å². The van der Waals surface area contributed by atoms with Crippen molar-refractivity contribution in [2.24, 2.45) is 5.11 Å². The number of nitrogens with one attached hydrogen (secondary N) is 1. The highest BCUT2D eigenvalue weighted by molar-refractivity contribution is 5.77. The predicted octanol–water partition coefficient (Wildman–Crippen LogP) is -0.734. The second-order valence-corrected chi connectivity index (χ2v) is 4.67. The Balaban J connectivity index is 2.69. The summed E-state index contributed by atoms with van der Waals surface area (Å²) in [6.45, 7) is 0.895. The highest BCUT2D eigenvalue weighted by atomic mass is 19.3. The number of amides is 1. The third kappa shape index (κ3) is 4.48. The van der Waals surface area contributed by atoms with Crippen LogP contribution in [0.5, 0.6) is 0 Å². The smallest absolute Gasteiger partial charge is 0.334 e. The van der Waals surface area contributed by atoms with E-state index in [0.29, 0.717) is 0 Å². The first kappa shape index (κ1) is 17.5. The molecule has 1 amide bonds. The Morgan fingerprint density at radius 1 is 1.48 bits per heavy atom. The van der Waals surface area contributed by atoms with E-state index in [9.17, 15) is 23.8 Å². The molecule has 9 nitrogen and oxygen atoms in total. The Morgan fingerprint density at radius 2 is 2.10 bits per heavy atom. The molecule has 21 heavy (non-hydrogen) atoms. The molecule has 0 aliphatic carbocycles. The van der Waals surface area contributed by atoms with Crippen LogP contribution in [0.1, 0.15) is 13.3 Å². The van der Waals surface area contributed by atoms with Crippen LogP contribution in [0, 0.1) is 0 Å². The quantitative estimate of drug-likeness (QED) is 0.228. The summed E-state index contributed by atoms with van der Waals surface area (Å²) < 4.78 is 31.1. The minimum atomic E-state index is -3.89. The van der Waals surface area contributed by atoms with Crippen molar-refractivity contribution in [3.05, 3.63) is 10.4 Å². The van der Waals surface area contributed by atoms with Crippen molar-refractivity contribution in [1.82, 2.24) is 5.32 Å². The molecule has 1 rings (SSSR count). The van der Waals surface area contributed by atoms with Gasteiger partial charge in [0, 0.05) is 4.91 Å². The fraction of sp³-hybridized carbons (Fsp3) is 0.900. The van der Waals surface area contributed by atoms with Crippen molar-refractivity contribution in [2.45, 2.75) is 49.8 Å². The number of hydrogen-bond acceptors (Lipinski definition) is 6. The van der Waals surface area contributed by atoms with Gasteiger partial charge in [-0.05, 0) is 17.6 Å². The second-order valence-electron chi connectivity index (χ2n) is 4.67. The fourth-order valence-electron chi connectivity index (χ4n) is 2.04. The molecule has 1 aliphatic heterocycles. The lowest BCUT2D eigenvalue weighted by Crippen LogP contribution is -2.63. The molecule has 0 aromatic rings. The number of aliphatic hydroxyl groups is 3. The van der Waals surface area contributed by atoms with Crippen molar-refractivity contribution >= 4 is 5.91 Å². The number of aliphatic hydroxyl groups excluding tert-OH is 3. The maximum absolute atomic E-state index is 13.0. The van der Waals surface area contributed by atoms with E-state index >= 15 is 0 Å². The summed E-state index contributed by atoms with van der Waals surface area (Å²) >= 11 is 0. The number of ether oxygens (including phenoxy) is 1. The summed E-state index contributed by atoms with van der Waals surface area (Å²) in [6.07, 6.45) is -6.23. The highest BCUT2D eigenvalue weighted by Gasteiger charge is 2.43. The zero-order chi connectivity index (χ0) is 16.2. The number of carbonyl (C=O) groups is 1. The van der Waals surface area contributed by atoms with Crippen molar-refractivity contribution in [3.8, 4) is 0 Å². The van der Waals surface area contributed by atoms with Crippen LogP contribution in [0.3, 0.4) is 0 Å². The molecule has 0 aromatic carbocycles. The minimum Gasteiger partial charge on any atom is -0.394 e. The summed E-state index contributed by atoms with van der Waals surface area (Å²) in [5.41, 5.74) is 7.94. The zero-order valence-corrected chi connectivity index (χ0v) is 11.1. The zero-order valence-electron chi connectivity index (χ0n) is 11.1. The van der Waals surface area contributed by atoms with Gasteiger partial charge in [0.15, 0.2) is 0 Å². The Labute approximate surface area is 118 Å². The van der Waals surface area contributed by atoms with Gasteiger partial charge in [-0.15, -0.1) is 0 Å². The average molecular weight is 310 g/mol. The van der Waals surface area contributed by atoms with Gasteiger partial charge >= 0.3 is 6.05 Å². The number of nitrogens with zero attached hydrogens (tertiary/aromatic N) is 3. The maximum atomic E-state index is 13.0. The summed E-state index contributed by atoms with van der Waals surface area (Å²) in [4.78, 5) is 13.4. The first-order valence-corrected chi connectivity index (χ1v) is 6.07. The van der Waals surface area contributed by atoms with Crippen LogP contribution in [0.15, 0.2) is 5.11 Å². The summed E-state index contributed by atoms with van der Waals surface area (Å²) in [6, 6.07) is -5.04. The summed E-state index contributed by atoms with van der Waals surface area (Å²) in [5.74, 6) is -1.18. The molecule has 0 aromatic heterocycles. The largest absolute Gasteiger partial charge is 0.394 e. The van der Waals surface area contributed by atoms with Gasteiger partial charge in [0.1, 0.15) is 18.3 Å². The van der Waals surface area contributed by atoms with E-state index in [1.807, 2.05) is 4.91 Å². The van der Waals surface area contributed by atoms with E-state index in [-0.39, 0.29) is 0 Å². The highest BCUT2D eigenvalue weighted by Crippen LogP contribution is 2.23. The van der Waals surface area contributed by atoms with Gasteiger partial charge in [-0.25, -0.2) is 0 Å². The molecule has 11 heteroatoms. The van der Waals surface area contributed by atoms with Crippen molar-refractivity contribution in [1.29, 1.82) is 0 Å². The fourth-order valence-corrected chi connectivity index (χ4v) is 2.04. The van der Waals surface area contributed by atoms with Crippen LogP contribution in [-0.4, -0.2) is 64.3 Å². The molecule has 0 spiro atoms. The van der Waals surface area contributed by atoms with Gasteiger partial charge < -0.3 is 25.4 Å². The van der Waals surface area contributed by atoms with Crippen LogP contribution in [0.2, 0.25) is 0 Å². The van der Waals surface area contributed by atoms with E-state index in [0.717, 1.165) is 0 Å². The number of alkyl halides is 2. The number of hydrogen-bond donors (Lipinski definition) is 4. The third-order valence-corrected chi connectivity index (χ3v) is 3.07. The first-order valence-electron chi connectivity index (χ1n) is 6.07. The minimum absolute atomic E-state index is 0.543. The van der Waals surface area contributed by atoms with E-state index in [1.165, 1.54) is 6.92 Å². The van der Waals surface area contributed by atoms with Gasteiger partial charge in [0.05, 0.1) is 25.2 Å². The summed E-state index contributed by atoms with van der Waals surface area (Å²) in [7, 11) is 0. The Kier molecular flexibility index (Phi) is 5.81.